The Morgan fingerprint density at radius 1 is 1.53 bits per heavy atom. The molecule has 0 aliphatic carbocycles. The van der Waals surface area contributed by atoms with E-state index in [9.17, 15) is 4.79 Å². The molecule has 1 amide bonds. The van der Waals surface area contributed by atoms with Crippen molar-refractivity contribution in [2.24, 2.45) is 11.8 Å². The number of amides is 1. The maximum absolute atomic E-state index is 11.4. The topological polar surface area (TPSA) is 71.5 Å². The quantitative estimate of drug-likeness (QED) is 0.495. The SMILES string of the molecule is CCC1CCN(Cc2cc(C(=O)NN)oc2C)CC1. The lowest BCUT2D eigenvalue weighted by molar-refractivity contribution is 0.0924. The number of aryl methyl sites for hydroxylation is 1. The average molecular weight is 265 g/mol. The first-order chi connectivity index (χ1) is 9.13. The second-order valence-electron chi connectivity index (χ2n) is 5.29. The van der Waals surface area contributed by atoms with Crippen molar-refractivity contribution < 1.29 is 9.21 Å². The zero-order valence-electron chi connectivity index (χ0n) is 11.7. The van der Waals surface area contributed by atoms with Crippen LogP contribution < -0.4 is 11.3 Å². The van der Waals surface area contributed by atoms with Gasteiger partial charge in [-0.15, -0.1) is 0 Å². The van der Waals surface area contributed by atoms with E-state index in [1.807, 2.05) is 6.92 Å². The summed E-state index contributed by atoms with van der Waals surface area (Å²) in [4.78, 5) is 13.8. The number of hydrogen-bond acceptors (Lipinski definition) is 4. The summed E-state index contributed by atoms with van der Waals surface area (Å²) in [7, 11) is 0. The lowest BCUT2D eigenvalue weighted by Gasteiger charge is -2.31. The van der Waals surface area contributed by atoms with E-state index in [1.165, 1.54) is 19.3 Å². The maximum Gasteiger partial charge on any atom is 0.300 e. The highest BCUT2D eigenvalue weighted by Gasteiger charge is 2.20. The van der Waals surface area contributed by atoms with Gasteiger partial charge < -0.3 is 4.42 Å². The standard InChI is InChI=1S/C14H23N3O2/c1-3-11-4-6-17(7-5-11)9-12-8-13(14(18)16-15)19-10(12)2/h8,11H,3-7,9,15H2,1-2H3,(H,16,18). The van der Waals surface area contributed by atoms with Crippen molar-refractivity contribution in [2.75, 3.05) is 13.1 Å². The number of carbonyl (C=O) groups excluding carboxylic acids is 1. The molecule has 1 aliphatic rings. The Bertz CT molecular complexity index is 434. The zero-order chi connectivity index (χ0) is 13.8. The molecule has 0 radical (unpaired) electrons. The van der Waals surface area contributed by atoms with Crippen molar-refractivity contribution in [1.29, 1.82) is 0 Å². The number of likely N-dealkylation sites (tertiary alicyclic amines) is 1. The van der Waals surface area contributed by atoms with Crippen LogP contribution in [0.1, 0.15) is 48.1 Å². The van der Waals surface area contributed by atoms with Gasteiger partial charge in [-0.3, -0.25) is 15.1 Å². The van der Waals surface area contributed by atoms with Crippen LogP contribution in [-0.4, -0.2) is 23.9 Å². The summed E-state index contributed by atoms with van der Waals surface area (Å²) in [5.74, 6) is 6.70. The predicted octanol–water partition coefficient (Wildman–Crippen LogP) is 1.81. The van der Waals surface area contributed by atoms with E-state index >= 15 is 0 Å². The van der Waals surface area contributed by atoms with Crippen molar-refractivity contribution in [3.05, 3.63) is 23.2 Å². The molecule has 0 bridgehead atoms. The third-order valence-corrected chi connectivity index (χ3v) is 4.05. The van der Waals surface area contributed by atoms with E-state index in [-0.39, 0.29) is 5.91 Å². The lowest BCUT2D eigenvalue weighted by Crippen LogP contribution is -2.33. The molecule has 0 aromatic carbocycles. The van der Waals surface area contributed by atoms with Gasteiger partial charge in [0.15, 0.2) is 5.76 Å². The number of furan rings is 1. The third kappa shape index (κ3) is 3.36. The van der Waals surface area contributed by atoms with Crippen LogP contribution in [0, 0.1) is 12.8 Å². The van der Waals surface area contributed by atoms with Gasteiger partial charge in [0.2, 0.25) is 0 Å². The van der Waals surface area contributed by atoms with Crippen LogP contribution in [-0.2, 0) is 6.54 Å². The summed E-state index contributed by atoms with van der Waals surface area (Å²) in [6.45, 7) is 7.26. The van der Waals surface area contributed by atoms with E-state index in [1.54, 1.807) is 6.07 Å². The van der Waals surface area contributed by atoms with E-state index in [2.05, 4.69) is 17.2 Å². The highest BCUT2D eigenvalue weighted by Crippen LogP contribution is 2.23. The Kier molecular flexibility index (Phi) is 4.61. The molecular weight excluding hydrogens is 242 g/mol. The predicted molar refractivity (Wildman–Crippen MR) is 73.4 cm³/mol. The van der Waals surface area contributed by atoms with Gasteiger partial charge in [-0.05, 0) is 44.8 Å². The monoisotopic (exact) mass is 265 g/mol. The molecule has 106 valence electrons. The fourth-order valence-electron chi connectivity index (χ4n) is 2.65. The Labute approximate surface area is 114 Å². The van der Waals surface area contributed by atoms with Crippen LogP contribution >= 0.6 is 0 Å². The fourth-order valence-corrected chi connectivity index (χ4v) is 2.65. The van der Waals surface area contributed by atoms with Crippen molar-refractivity contribution >= 4 is 5.91 Å². The highest BCUT2D eigenvalue weighted by molar-refractivity contribution is 5.91. The normalized spacial score (nSPS) is 17.6. The number of carbonyl (C=O) groups is 1. The summed E-state index contributed by atoms with van der Waals surface area (Å²) < 4.78 is 5.43. The first-order valence-corrected chi connectivity index (χ1v) is 6.96. The van der Waals surface area contributed by atoms with Gasteiger partial charge >= 0.3 is 5.91 Å². The summed E-state index contributed by atoms with van der Waals surface area (Å²) in [5, 5.41) is 0. The second kappa shape index (κ2) is 6.21. The molecule has 19 heavy (non-hydrogen) atoms. The first-order valence-electron chi connectivity index (χ1n) is 6.96. The largest absolute Gasteiger partial charge is 0.456 e. The van der Waals surface area contributed by atoms with Crippen LogP contribution in [0.25, 0.3) is 0 Å². The van der Waals surface area contributed by atoms with Gasteiger partial charge in [0, 0.05) is 12.1 Å². The molecule has 1 aromatic heterocycles. The number of hydrazine groups is 1. The second-order valence-corrected chi connectivity index (χ2v) is 5.29. The molecule has 0 unspecified atom stereocenters. The number of hydrogen-bond donors (Lipinski definition) is 2. The Hall–Kier alpha value is -1.33. The summed E-state index contributed by atoms with van der Waals surface area (Å²) in [6, 6.07) is 1.80. The minimum absolute atomic E-state index is 0.290. The number of piperidine rings is 1. The van der Waals surface area contributed by atoms with Gasteiger partial charge in [0.1, 0.15) is 5.76 Å². The van der Waals surface area contributed by atoms with Crippen molar-refractivity contribution in [3.63, 3.8) is 0 Å². The molecule has 0 saturated carbocycles. The maximum atomic E-state index is 11.4. The van der Waals surface area contributed by atoms with E-state index in [0.29, 0.717) is 5.76 Å². The number of nitrogen functional groups attached to an aromatic ring is 1. The molecule has 5 heteroatoms. The van der Waals surface area contributed by atoms with Crippen molar-refractivity contribution in [1.82, 2.24) is 10.3 Å². The Morgan fingerprint density at radius 3 is 2.79 bits per heavy atom. The summed E-state index contributed by atoms with van der Waals surface area (Å²) in [6.07, 6.45) is 3.81. The summed E-state index contributed by atoms with van der Waals surface area (Å²) >= 11 is 0. The van der Waals surface area contributed by atoms with E-state index in [0.717, 1.165) is 36.9 Å². The molecular formula is C14H23N3O2. The van der Waals surface area contributed by atoms with E-state index < -0.39 is 0 Å². The molecule has 5 nitrogen and oxygen atoms in total. The first kappa shape index (κ1) is 14.1. The van der Waals surface area contributed by atoms with Crippen molar-refractivity contribution in [3.8, 4) is 0 Å². The van der Waals surface area contributed by atoms with Crippen molar-refractivity contribution in [2.45, 2.75) is 39.7 Å². The van der Waals surface area contributed by atoms with Crippen LogP contribution in [0.15, 0.2) is 10.5 Å². The Morgan fingerprint density at radius 2 is 2.21 bits per heavy atom. The molecule has 0 spiro atoms. The molecule has 1 aliphatic heterocycles. The fraction of sp³-hybridized carbons (Fsp3) is 0.643. The van der Waals surface area contributed by atoms with Gasteiger partial charge in [0.25, 0.3) is 0 Å². The Balaban J connectivity index is 1.96. The van der Waals surface area contributed by atoms with E-state index in [4.69, 9.17) is 10.3 Å². The number of nitrogens with two attached hydrogens (primary N) is 1. The molecule has 1 fully saturated rings. The van der Waals surface area contributed by atoms with Crippen LogP contribution in [0.4, 0.5) is 0 Å². The smallest absolute Gasteiger partial charge is 0.300 e. The third-order valence-electron chi connectivity index (χ3n) is 4.05. The molecule has 1 saturated heterocycles. The minimum Gasteiger partial charge on any atom is -0.456 e. The number of nitrogens with zero attached hydrogens (tertiary/aromatic N) is 1. The zero-order valence-corrected chi connectivity index (χ0v) is 11.7. The van der Waals surface area contributed by atoms with Crippen LogP contribution in [0.5, 0.6) is 0 Å². The van der Waals surface area contributed by atoms with Gasteiger partial charge in [-0.25, -0.2) is 5.84 Å². The molecule has 0 atom stereocenters. The van der Waals surface area contributed by atoms with Crippen LogP contribution in [0.3, 0.4) is 0 Å². The minimum atomic E-state index is -0.376. The highest BCUT2D eigenvalue weighted by atomic mass is 16.4. The van der Waals surface area contributed by atoms with Gasteiger partial charge in [-0.1, -0.05) is 13.3 Å². The molecule has 2 heterocycles. The van der Waals surface area contributed by atoms with Gasteiger partial charge in [-0.2, -0.15) is 0 Å². The lowest BCUT2D eigenvalue weighted by atomic mass is 9.94. The molecule has 2 rings (SSSR count). The molecule has 3 N–H and O–H groups in total. The number of rotatable bonds is 4. The molecule has 1 aromatic rings. The number of nitrogens with one attached hydrogen (secondary N) is 1. The average Bonchev–Trinajstić information content (AvgIpc) is 2.80. The van der Waals surface area contributed by atoms with Crippen LogP contribution in [0.2, 0.25) is 0 Å². The summed E-state index contributed by atoms with van der Waals surface area (Å²) in [5.41, 5.74) is 3.17. The van der Waals surface area contributed by atoms with Gasteiger partial charge in [0.05, 0.1) is 0 Å².